The SMILES string of the molecule is Cc1cc(C)c(S(=O)(=O)N/N=C/c2ccc(C)o2)c(C)c1. The molecule has 1 heterocycles. The molecule has 0 saturated carbocycles. The zero-order chi connectivity index (χ0) is 15.6. The average molecular weight is 306 g/mol. The van der Waals surface area contributed by atoms with Crippen molar-refractivity contribution in [2.24, 2.45) is 5.10 Å². The van der Waals surface area contributed by atoms with Crippen molar-refractivity contribution in [3.63, 3.8) is 0 Å². The van der Waals surface area contributed by atoms with Crippen LogP contribution in [-0.2, 0) is 10.0 Å². The maximum Gasteiger partial charge on any atom is 0.277 e. The Morgan fingerprint density at radius 3 is 2.24 bits per heavy atom. The molecule has 21 heavy (non-hydrogen) atoms. The third-order valence-corrected chi connectivity index (χ3v) is 4.53. The van der Waals surface area contributed by atoms with Crippen LogP contribution in [0.5, 0.6) is 0 Å². The van der Waals surface area contributed by atoms with Crippen molar-refractivity contribution in [2.75, 3.05) is 0 Å². The molecule has 1 aromatic carbocycles. The number of nitrogens with one attached hydrogen (secondary N) is 1. The molecule has 0 amide bonds. The molecule has 0 fully saturated rings. The summed E-state index contributed by atoms with van der Waals surface area (Å²) in [6.45, 7) is 7.28. The summed E-state index contributed by atoms with van der Waals surface area (Å²) < 4.78 is 29.9. The van der Waals surface area contributed by atoms with Gasteiger partial charge in [-0.1, -0.05) is 17.7 Å². The van der Waals surface area contributed by atoms with E-state index >= 15 is 0 Å². The van der Waals surface area contributed by atoms with Gasteiger partial charge in [-0.15, -0.1) is 0 Å². The van der Waals surface area contributed by atoms with Gasteiger partial charge in [-0.3, -0.25) is 0 Å². The van der Waals surface area contributed by atoms with E-state index in [9.17, 15) is 8.42 Å². The van der Waals surface area contributed by atoms with Gasteiger partial charge in [-0.25, -0.2) is 0 Å². The van der Waals surface area contributed by atoms with Gasteiger partial charge in [0, 0.05) is 0 Å². The van der Waals surface area contributed by atoms with Crippen LogP contribution in [0.2, 0.25) is 0 Å². The zero-order valence-corrected chi connectivity index (χ0v) is 13.3. The molecule has 0 saturated heterocycles. The van der Waals surface area contributed by atoms with Crippen molar-refractivity contribution >= 4 is 16.2 Å². The van der Waals surface area contributed by atoms with Gasteiger partial charge < -0.3 is 4.42 Å². The molecule has 5 nitrogen and oxygen atoms in total. The molecular weight excluding hydrogens is 288 g/mol. The largest absolute Gasteiger partial charge is 0.460 e. The Hall–Kier alpha value is -2.08. The van der Waals surface area contributed by atoms with Crippen LogP contribution in [0, 0.1) is 27.7 Å². The molecule has 1 aromatic heterocycles. The fourth-order valence-corrected chi connectivity index (χ4v) is 3.57. The summed E-state index contributed by atoms with van der Waals surface area (Å²) in [6, 6.07) is 7.17. The van der Waals surface area contributed by atoms with Gasteiger partial charge in [0.1, 0.15) is 11.5 Å². The number of hydrogen-bond acceptors (Lipinski definition) is 4. The van der Waals surface area contributed by atoms with Gasteiger partial charge in [0.25, 0.3) is 10.0 Å². The highest BCUT2D eigenvalue weighted by atomic mass is 32.2. The number of hydrogen-bond donors (Lipinski definition) is 1. The first-order valence-electron chi connectivity index (χ1n) is 6.49. The molecule has 1 N–H and O–H groups in total. The van der Waals surface area contributed by atoms with Crippen molar-refractivity contribution < 1.29 is 12.8 Å². The van der Waals surface area contributed by atoms with E-state index in [1.807, 2.05) is 19.1 Å². The molecule has 0 aliphatic heterocycles. The topological polar surface area (TPSA) is 71.7 Å². The van der Waals surface area contributed by atoms with Crippen molar-refractivity contribution in [1.29, 1.82) is 0 Å². The van der Waals surface area contributed by atoms with Crippen LogP contribution in [0.4, 0.5) is 0 Å². The zero-order valence-electron chi connectivity index (χ0n) is 12.5. The van der Waals surface area contributed by atoms with Gasteiger partial charge in [0.15, 0.2) is 0 Å². The molecule has 0 aliphatic carbocycles. The second kappa shape index (κ2) is 5.73. The summed E-state index contributed by atoms with van der Waals surface area (Å²) in [7, 11) is -3.69. The molecule has 0 aliphatic rings. The lowest BCUT2D eigenvalue weighted by Gasteiger charge is -2.11. The number of rotatable bonds is 4. The van der Waals surface area contributed by atoms with Crippen LogP contribution in [0.1, 0.15) is 28.2 Å². The predicted molar refractivity (Wildman–Crippen MR) is 82.0 cm³/mol. The summed E-state index contributed by atoms with van der Waals surface area (Å²) in [5.41, 5.74) is 2.42. The van der Waals surface area contributed by atoms with Crippen molar-refractivity contribution in [1.82, 2.24) is 4.83 Å². The Bertz CT molecular complexity index is 766. The maximum atomic E-state index is 12.3. The Kier molecular flexibility index (Phi) is 4.18. The molecule has 0 bridgehead atoms. The Balaban J connectivity index is 2.25. The first-order chi connectivity index (χ1) is 9.79. The fraction of sp³-hybridized carbons (Fsp3) is 0.267. The molecule has 0 atom stereocenters. The molecule has 2 rings (SSSR count). The fourth-order valence-electron chi connectivity index (χ4n) is 2.32. The molecule has 0 unspecified atom stereocenters. The first kappa shape index (κ1) is 15.3. The van der Waals surface area contributed by atoms with E-state index in [0.717, 1.165) is 11.3 Å². The molecule has 0 spiro atoms. The summed E-state index contributed by atoms with van der Waals surface area (Å²) in [6.07, 6.45) is 1.34. The second-order valence-corrected chi connectivity index (χ2v) is 6.63. The van der Waals surface area contributed by atoms with E-state index in [4.69, 9.17) is 4.42 Å². The van der Waals surface area contributed by atoms with Crippen LogP contribution >= 0.6 is 0 Å². The minimum Gasteiger partial charge on any atom is -0.460 e. The lowest BCUT2D eigenvalue weighted by atomic mass is 10.1. The molecule has 112 valence electrons. The van der Waals surface area contributed by atoms with E-state index in [1.165, 1.54) is 6.21 Å². The Labute approximate surface area is 124 Å². The van der Waals surface area contributed by atoms with Gasteiger partial charge in [0.05, 0.1) is 11.1 Å². The van der Waals surface area contributed by atoms with E-state index in [0.29, 0.717) is 16.9 Å². The summed E-state index contributed by atoms with van der Waals surface area (Å²) in [4.78, 5) is 2.48. The highest BCUT2D eigenvalue weighted by Gasteiger charge is 2.19. The normalized spacial score (nSPS) is 12.0. The Morgan fingerprint density at radius 2 is 1.71 bits per heavy atom. The van der Waals surface area contributed by atoms with Crippen LogP contribution in [0.15, 0.2) is 38.7 Å². The first-order valence-corrected chi connectivity index (χ1v) is 7.97. The smallest absolute Gasteiger partial charge is 0.277 e. The van der Waals surface area contributed by atoms with E-state index in [2.05, 4.69) is 9.93 Å². The minimum atomic E-state index is -3.69. The summed E-state index contributed by atoms with van der Waals surface area (Å²) >= 11 is 0. The van der Waals surface area contributed by atoms with Crippen LogP contribution in [-0.4, -0.2) is 14.6 Å². The van der Waals surface area contributed by atoms with Crippen molar-refractivity contribution in [3.05, 3.63) is 52.5 Å². The van der Waals surface area contributed by atoms with Gasteiger partial charge in [-0.05, 0) is 51.0 Å². The van der Waals surface area contributed by atoms with Crippen molar-refractivity contribution in [3.8, 4) is 0 Å². The number of nitrogens with zero attached hydrogens (tertiary/aromatic N) is 1. The van der Waals surface area contributed by atoms with E-state index in [1.54, 1.807) is 32.9 Å². The number of aryl methyl sites for hydroxylation is 4. The molecular formula is C15H18N2O3S. The molecule has 2 aromatic rings. The van der Waals surface area contributed by atoms with Gasteiger partial charge >= 0.3 is 0 Å². The predicted octanol–water partition coefficient (Wildman–Crippen LogP) is 2.83. The summed E-state index contributed by atoms with van der Waals surface area (Å²) in [5.74, 6) is 1.23. The van der Waals surface area contributed by atoms with Crippen LogP contribution < -0.4 is 4.83 Å². The summed E-state index contributed by atoms with van der Waals surface area (Å²) in [5, 5.41) is 3.75. The maximum absolute atomic E-state index is 12.3. The monoisotopic (exact) mass is 306 g/mol. The van der Waals surface area contributed by atoms with Crippen molar-refractivity contribution in [2.45, 2.75) is 32.6 Å². The van der Waals surface area contributed by atoms with Gasteiger partial charge in [0.2, 0.25) is 0 Å². The number of hydrazone groups is 1. The van der Waals surface area contributed by atoms with Crippen LogP contribution in [0.25, 0.3) is 0 Å². The standard InChI is InChI=1S/C15H18N2O3S/c1-10-7-11(2)15(12(3)8-10)21(18,19)17-16-9-14-6-5-13(4)20-14/h5-9,17H,1-4H3/b16-9+. The highest BCUT2D eigenvalue weighted by Crippen LogP contribution is 2.21. The Morgan fingerprint density at radius 1 is 1.10 bits per heavy atom. The number of furan rings is 1. The molecule has 0 radical (unpaired) electrons. The second-order valence-electron chi connectivity index (χ2n) is 5.03. The van der Waals surface area contributed by atoms with E-state index in [-0.39, 0.29) is 4.90 Å². The highest BCUT2D eigenvalue weighted by molar-refractivity contribution is 7.89. The third kappa shape index (κ3) is 3.52. The average Bonchev–Trinajstić information content (AvgIpc) is 2.72. The quantitative estimate of drug-likeness (QED) is 0.697. The number of benzene rings is 1. The lowest BCUT2D eigenvalue weighted by Crippen LogP contribution is -2.20. The number of sulfonamides is 1. The van der Waals surface area contributed by atoms with Crippen LogP contribution in [0.3, 0.4) is 0 Å². The van der Waals surface area contributed by atoms with E-state index < -0.39 is 10.0 Å². The molecule has 6 heteroatoms. The third-order valence-electron chi connectivity index (χ3n) is 3.00. The van der Waals surface area contributed by atoms with Gasteiger partial charge in [-0.2, -0.15) is 18.4 Å². The lowest BCUT2D eigenvalue weighted by molar-refractivity contribution is 0.527. The minimum absolute atomic E-state index is 0.265.